The van der Waals surface area contributed by atoms with Crippen LogP contribution in [-0.2, 0) is 6.42 Å². The lowest BCUT2D eigenvalue weighted by Crippen LogP contribution is -2.18. The summed E-state index contributed by atoms with van der Waals surface area (Å²) >= 11 is 0. The lowest BCUT2D eigenvalue weighted by Gasteiger charge is -2.02. The molecular formula is C9H12OSi. The molecule has 2 radical (unpaired) electrons. The summed E-state index contributed by atoms with van der Waals surface area (Å²) in [7, 11) is -0.0613. The molecule has 0 bridgehead atoms. The molecule has 0 atom stereocenters. The van der Waals surface area contributed by atoms with E-state index in [1.54, 1.807) is 0 Å². The molecule has 0 aliphatic rings. The predicted octanol–water partition coefficient (Wildman–Crippen LogP) is 0.876. The molecule has 2 heteroatoms. The molecule has 1 N–H and O–H groups in total. The van der Waals surface area contributed by atoms with Crippen molar-refractivity contribution in [3.8, 4) is 0 Å². The summed E-state index contributed by atoms with van der Waals surface area (Å²) in [5.74, 6) is 0. The van der Waals surface area contributed by atoms with E-state index in [0.717, 1.165) is 18.0 Å². The molecule has 11 heavy (non-hydrogen) atoms. The predicted molar refractivity (Wildman–Crippen MR) is 48.0 cm³/mol. The van der Waals surface area contributed by atoms with E-state index in [1.165, 1.54) is 5.56 Å². The normalized spacial score (nSPS) is 10.0. The van der Waals surface area contributed by atoms with Crippen molar-refractivity contribution in [3.05, 3.63) is 29.8 Å². The van der Waals surface area contributed by atoms with Gasteiger partial charge in [0.25, 0.3) is 9.76 Å². The van der Waals surface area contributed by atoms with E-state index in [9.17, 15) is 0 Å². The van der Waals surface area contributed by atoms with Crippen LogP contribution < -0.4 is 5.19 Å². The van der Waals surface area contributed by atoms with Crippen LogP contribution in [0, 0.1) is 0 Å². The van der Waals surface area contributed by atoms with Crippen molar-refractivity contribution in [1.29, 1.82) is 0 Å². The third-order valence-corrected chi connectivity index (χ3v) is 2.39. The Morgan fingerprint density at radius 3 is 2.73 bits per heavy atom. The zero-order valence-corrected chi connectivity index (χ0v) is 7.67. The van der Waals surface area contributed by atoms with Crippen LogP contribution in [0.25, 0.3) is 0 Å². The highest BCUT2D eigenvalue weighted by atomic mass is 28.2. The van der Waals surface area contributed by atoms with Crippen LogP contribution in [0.4, 0.5) is 0 Å². The summed E-state index contributed by atoms with van der Waals surface area (Å²) in [6.07, 6.45) is 2.21. The highest BCUT2D eigenvalue weighted by molar-refractivity contribution is 6.46. The molecule has 0 unspecified atom stereocenters. The van der Waals surface area contributed by atoms with Gasteiger partial charge in [0.1, 0.15) is 0 Å². The van der Waals surface area contributed by atoms with Gasteiger partial charge in [-0.25, -0.2) is 0 Å². The molecule has 0 heterocycles. The molecule has 0 amide bonds. The van der Waals surface area contributed by atoms with Crippen molar-refractivity contribution in [1.82, 2.24) is 0 Å². The Kier molecular flexibility index (Phi) is 3.33. The molecule has 1 aromatic rings. The molecule has 0 fully saturated rings. The molecule has 0 spiro atoms. The van der Waals surface area contributed by atoms with Crippen LogP contribution in [0.3, 0.4) is 0 Å². The Labute approximate surface area is 70.0 Å². The highest BCUT2D eigenvalue weighted by Crippen LogP contribution is 1.98. The maximum Gasteiger partial charge on any atom is 0.265 e. The summed E-state index contributed by atoms with van der Waals surface area (Å²) in [5.41, 5.74) is 1.29. The number of hydrogen-bond acceptors (Lipinski definition) is 1. The summed E-state index contributed by atoms with van der Waals surface area (Å²) in [6, 6.07) is 8.07. The van der Waals surface area contributed by atoms with Gasteiger partial charge in [0.2, 0.25) is 0 Å². The van der Waals surface area contributed by atoms with E-state index in [1.807, 2.05) is 18.2 Å². The smallest absolute Gasteiger partial charge is 0.265 e. The first-order chi connectivity index (χ1) is 5.38. The molecule has 0 aromatic heterocycles. The molecule has 58 valence electrons. The standard InChI is InChI=1S/C9H12OSi/c1-2-5-8-6-3-4-7-9(8)11-10/h3-4,6-7,10H,2,5H2,1H3. The lowest BCUT2D eigenvalue weighted by molar-refractivity contribution is 0.615. The Balaban J connectivity index is 2.83. The van der Waals surface area contributed by atoms with E-state index in [4.69, 9.17) is 4.80 Å². The minimum absolute atomic E-state index is 0.0613. The number of hydrogen-bond donors (Lipinski definition) is 1. The van der Waals surface area contributed by atoms with Crippen molar-refractivity contribution in [2.45, 2.75) is 19.8 Å². The second-order valence-corrected chi connectivity index (χ2v) is 3.28. The van der Waals surface area contributed by atoms with Gasteiger partial charge in [-0.3, -0.25) is 0 Å². The van der Waals surface area contributed by atoms with E-state index in [2.05, 4.69) is 13.0 Å². The van der Waals surface area contributed by atoms with Crippen LogP contribution in [0.2, 0.25) is 0 Å². The minimum atomic E-state index is -0.0613. The fraction of sp³-hybridized carbons (Fsp3) is 0.333. The van der Waals surface area contributed by atoms with Crippen molar-refractivity contribution in [2.75, 3.05) is 0 Å². The minimum Gasteiger partial charge on any atom is -0.428 e. The first-order valence-corrected chi connectivity index (χ1v) is 4.81. The fourth-order valence-electron chi connectivity index (χ4n) is 1.12. The highest BCUT2D eigenvalue weighted by Gasteiger charge is 1.98. The molecular weight excluding hydrogens is 152 g/mol. The average Bonchev–Trinajstić information content (AvgIpc) is 2.06. The second kappa shape index (κ2) is 4.31. The monoisotopic (exact) mass is 164 g/mol. The Bertz CT molecular complexity index is 223. The van der Waals surface area contributed by atoms with E-state index < -0.39 is 0 Å². The zero-order valence-electron chi connectivity index (χ0n) is 6.67. The van der Waals surface area contributed by atoms with E-state index in [-0.39, 0.29) is 9.76 Å². The SMILES string of the molecule is CCCc1ccccc1[Si]O. The summed E-state index contributed by atoms with van der Waals surface area (Å²) in [6.45, 7) is 2.15. The zero-order chi connectivity index (χ0) is 8.10. The maximum absolute atomic E-state index is 8.97. The number of benzene rings is 1. The van der Waals surface area contributed by atoms with Crippen LogP contribution >= 0.6 is 0 Å². The Morgan fingerprint density at radius 2 is 2.09 bits per heavy atom. The van der Waals surface area contributed by atoms with Gasteiger partial charge in [0, 0.05) is 0 Å². The number of rotatable bonds is 3. The third-order valence-electron chi connectivity index (χ3n) is 1.66. The molecule has 0 aliphatic carbocycles. The first kappa shape index (κ1) is 8.49. The summed E-state index contributed by atoms with van der Waals surface area (Å²) < 4.78 is 0. The van der Waals surface area contributed by atoms with Gasteiger partial charge >= 0.3 is 0 Å². The van der Waals surface area contributed by atoms with Crippen LogP contribution in [0.5, 0.6) is 0 Å². The molecule has 0 saturated heterocycles. The second-order valence-electron chi connectivity index (χ2n) is 2.52. The van der Waals surface area contributed by atoms with Crippen molar-refractivity contribution in [2.24, 2.45) is 0 Å². The van der Waals surface area contributed by atoms with Gasteiger partial charge in [-0.15, -0.1) is 0 Å². The van der Waals surface area contributed by atoms with Gasteiger partial charge in [-0.05, 0) is 17.2 Å². The lowest BCUT2D eigenvalue weighted by atomic mass is 10.1. The van der Waals surface area contributed by atoms with Crippen LogP contribution in [0.1, 0.15) is 18.9 Å². The van der Waals surface area contributed by atoms with Gasteiger partial charge in [-0.2, -0.15) is 0 Å². The quantitative estimate of drug-likeness (QED) is 0.657. The van der Waals surface area contributed by atoms with E-state index >= 15 is 0 Å². The first-order valence-electron chi connectivity index (χ1n) is 3.86. The fourth-order valence-corrected chi connectivity index (χ4v) is 1.64. The Hall–Kier alpha value is -0.603. The molecule has 0 saturated carbocycles. The molecule has 1 rings (SSSR count). The van der Waals surface area contributed by atoms with Crippen molar-refractivity contribution in [3.63, 3.8) is 0 Å². The van der Waals surface area contributed by atoms with Gasteiger partial charge in [0.15, 0.2) is 0 Å². The van der Waals surface area contributed by atoms with E-state index in [0.29, 0.717) is 0 Å². The van der Waals surface area contributed by atoms with Gasteiger partial charge in [-0.1, -0.05) is 37.6 Å². The van der Waals surface area contributed by atoms with Crippen molar-refractivity contribution >= 4 is 14.9 Å². The molecule has 1 nitrogen and oxygen atoms in total. The Morgan fingerprint density at radius 1 is 1.36 bits per heavy atom. The average molecular weight is 164 g/mol. The van der Waals surface area contributed by atoms with Crippen LogP contribution in [-0.4, -0.2) is 14.6 Å². The van der Waals surface area contributed by atoms with Crippen molar-refractivity contribution < 1.29 is 4.80 Å². The number of aryl methyl sites for hydroxylation is 1. The molecule has 1 aromatic carbocycles. The third kappa shape index (κ3) is 2.17. The summed E-state index contributed by atoms with van der Waals surface area (Å²) in [4.78, 5) is 8.97. The summed E-state index contributed by atoms with van der Waals surface area (Å²) in [5, 5.41) is 1.09. The van der Waals surface area contributed by atoms with Crippen LogP contribution in [0.15, 0.2) is 24.3 Å². The molecule has 0 aliphatic heterocycles. The van der Waals surface area contributed by atoms with Gasteiger partial charge in [0.05, 0.1) is 0 Å². The largest absolute Gasteiger partial charge is 0.428 e. The topological polar surface area (TPSA) is 20.2 Å². The van der Waals surface area contributed by atoms with Gasteiger partial charge < -0.3 is 4.80 Å². The maximum atomic E-state index is 8.97.